The zero-order valence-corrected chi connectivity index (χ0v) is 10.6. The van der Waals surface area contributed by atoms with Gasteiger partial charge in [0.15, 0.2) is 0 Å². The fourth-order valence-corrected chi connectivity index (χ4v) is 3.64. The Balaban J connectivity index is 1.69. The Hall–Kier alpha value is 0.270. The molecule has 1 aliphatic carbocycles. The van der Waals surface area contributed by atoms with Crippen LogP contribution < -0.4 is 5.32 Å². The third-order valence-electron chi connectivity index (χ3n) is 3.39. The van der Waals surface area contributed by atoms with E-state index in [2.05, 4.69) is 19.2 Å². The number of hydrogen-bond acceptors (Lipinski definition) is 3. The minimum atomic E-state index is -0.0972. The first kappa shape index (κ1) is 11.7. The Morgan fingerprint density at radius 3 is 2.80 bits per heavy atom. The van der Waals surface area contributed by atoms with Gasteiger partial charge < -0.3 is 10.4 Å². The molecule has 0 spiro atoms. The van der Waals surface area contributed by atoms with Gasteiger partial charge in [-0.05, 0) is 36.3 Å². The second-order valence-electron chi connectivity index (χ2n) is 5.89. The van der Waals surface area contributed by atoms with Crippen LogP contribution in [0.2, 0.25) is 0 Å². The molecule has 2 N–H and O–H groups in total. The molecule has 88 valence electrons. The van der Waals surface area contributed by atoms with Gasteiger partial charge in [0.2, 0.25) is 0 Å². The SMILES string of the molecule is CC1(C)CSCC(NCC(O)C2CC2)C1. The molecule has 3 heteroatoms. The average Bonchev–Trinajstić information content (AvgIpc) is 2.95. The minimum absolute atomic E-state index is 0.0972. The van der Waals surface area contributed by atoms with Gasteiger partial charge in [0.25, 0.3) is 0 Å². The van der Waals surface area contributed by atoms with Crippen LogP contribution in [-0.2, 0) is 0 Å². The van der Waals surface area contributed by atoms with Gasteiger partial charge in [-0.1, -0.05) is 13.8 Å². The van der Waals surface area contributed by atoms with E-state index in [1.165, 1.54) is 30.8 Å². The highest BCUT2D eigenvalue weighted by atomic mass is 32.2. The molecule has 0 aromatic rings. The summed E-state index contributed by atoms with van der Waals surface area (Å²) in [5.41, 5.74) is 0.463. The van der Waals surface area contributed by atoms with Crippen molar-refractivity contribution in [3.8, 4) is 0 Å². The number of aliphatic hydroxyl groups excluding tert-OH is 1. The molecular formula is C12H23NOS. The van der Waals surface area contributed by atoms with Crippen LogP contribution in [-0.4, -0.2) is 35.3 Å². The second-order valence-corrected chi connectivity index (χ2v) is 6.92. The zero-order chi connectivity index (χ0) is 10.9. The summed E-state index contributed by atoms with van der Waals surface area (Å²) in [6, 6.07) is 0.604. The van der Waals surface area contributed by atoms with E-state index in [4.69, 9.17) is 0 Å². The lowest BCUT2D eigenvalue weighted by molar-refractivity contribution is 0.142. The molecule has 0 aromatic carbocycles. The molecule has 1 saturated heterocycles. The maximum absolute atomic E-state index is 9.78. The summed E-state index contributed by atoms with van der Waals surface area (Å²) in [6.45, 7) is 5.47. The van der Waals surface area contributed by atoms with Gasteiger partial charge in [0, 0.05) is 18.3 Å². The Labute approximate surface area is 97.2 Å². The molecular weight excluding hydrogens is 206 g/mol. The van der Waals surface area contributed by atoms with E-state index >= 15 is 0 Å². The van der Waals surface area contributed by atoms with Crippen molar-refractivity contribution in [2.75, 3.05) is 18.1 Å². The maximum atomic E-state index is 9.78. The Kier molecular flexibility index (Phi) is 3.63. The van der Waals surface area contributed by atoms with Crippen molar-refractivity contribution in [3.05, 3.63) is 0 Å². The van der Waals surface area contributed by atoms with Gasteiger partial charge in [-0.25, -0.2) is 0 Å². The lowest BCUT2D eigenvalue weighted by Gasteiger charge is -2.35. The van der Waals surface area contributed by atoms with E-state index < -0.39 is 0 Å². The van der Waals surface area contributed by atoms with Crippen molar-refractivity contribution < 1.29 is 5.11 Å². The number of thioether (sulfide) groups is 1. The molecule has 1 aliphatic heterocycles. The molecule has 0 radical (unpaired) electrons. The van der Waals surface area contributed by atoms with E-state index in [1.54, 1.807) is 0 Å². The molecule has 0 aromatic heterocycles. The third-order valence-corrected chi connectivity index (χ3v) is 5.02. The Bertz CT molecular complexity index is 216. The quantitative estimate of drug-likeness (QED) is 0.772. The molecule has 2 rings (SSSR count). The van der Waals surface area contributed by atoms with Gasteiger partial charge in [0.05, 0.1) is 6.10 Å². The summed E-state index contributed by atoms with van der Waals surface area (Å²) < 4.78 is 0. The molecule has 2 unspecified atom stereocenters. The number of nitrogens with one attached hydrogen (secondary N) is 1. The van der Waals surface area contributed by atoms with Crippen molar-refractivity contribution in [2.24, 2.45) is 11.3 Å². The predicted octanol–water partition coefficient (Wildman–Crippen LogP) is 1.88. The van der Waals surface area contributed by atoms with Crippen LogP contribution in [0.5, 0.6) is 0 Å². The van der Waals surface area contributed by atoms with E-state index in [9.17, 15) is 5.11 Å². The van der Waals surface area contributed by atoms with Crippen molar-refractivity contribution in [2.45, 2.75) is 45.3 Å². The standard InChI is InChI=1S/C12H23NOS/c1-12(2)5-10(7-15-8-12)13-6-11(14)9-3-4-9/h9-11,13-14H,3-8H2,1-2H3. The van der Waals surface area contributed by atoms with Crippen LogP contribution in [0.25, 0.3) is 0 Å². The highest BCUT2D eigenvalue weighted by Gasteiger charge is 2.32. The van der Waals surface area contributed by atoms with E-state index in [0.29, 0.717) is 17.4 Å². The molecule has 2 atom stereocenters. The molecule has 2 nitrogen and oxygen atoms in total. The van der Waals surface area contributed by atoms with Gasteiger partial charge in [-0.2, -0.15) is 11.8 Å². The third kappa shape index (κ3) is 3.65. The first-order chi connectivity index (χ1) is 7.07. The summed E-state index contributed by atoms with van der Waals surface area (Å²) in [4.78, 5) is 0. The normalized spacial score (nSPS) is 32.6. The number of hydrogen-bond donors (Lipinski definition) is 2. The van der Waals surface area contributed by atoms with Crippen LogP contribution in [0.1, 0.15) is 33.1 Å². The number of aliphatic hydroxyl groups is 1. The molecule has 15 heavy (non-hydrogen) atoms. The average molecular weight is 229 g/mol. The molecule has 0 amide bonds. The lowest BCUT2D eigenvalue weighted by atomic mass is 9.88. The van der Waals surface area contributed by atoms with Gasteiger partial charge in [0.1, 0.15) is 0 Å². The highest BCUT2D eigenvalue weighted by molar-refractivity contribution is 7.99. The van der Waals surface area contributed by atoms with E-state index in [-0.39, 0.29) is 6.10 Å². The molecule has 1 heterocycles. The molecule has 1 saturated carbocycles. The summed E-state index contributed by atoms with van der Waals surface area (Å²) in [7, 11) is 0. The fraction of sp³-hybridized carbons (Fsp3) is 1.00. The van der Waals surface area contributed by atoms with E-state index in [0.717, 1.165) is 6.54 Å². The van der Waals surface area contributed by atoms with Crippen LogP contribution in [0.15, 0.2) is 0 Å². The van der Waals surface area contributed by atoms with Crippen molar-refractivity contribution >= 4 is 11.8 Å². The number of rotatable bonds is 4. The summed E-state index contributed by atoms with van der Waals surface area (Å²) >= 11 is 2.04. The van der Waals surface area contributed by atoms with Gasteiger partial charge in [-0.15, -0.1) is 0 Å². The summed E-state index contributed by atoms with van der Waals surface area (Å²) in [5.74, 6) is 3.08. The first-order valence-corrected chi connectivity index (χ1v) is 7.21. The Morgan fingerprint density at radius 1 is 1.47 bits per heavy atom. The Morgan fingerprint density at radius 2 is 2.20 bits per heavy atom. The molecule has 2 aliphatic rings. The summed E-state index contributed by atoms with van der Waals surface area (Å²) in [6.07, 6.45) is 3.61. The van der Waals surface area contributed by atoms with E-state index in [1.807, 2.05) is 11.8 Å². The monoisotopic (exact) mass is 229 g/mol. The smallest absolute Gasteiger partial charge is 0.0692 e. The van der Waals surface area contributed by atoms with Gasteiger partial charge in [-0.3, -0.25) is 0 Å². The van der Waals surface area contributed by atoms with Crippen LogP contribution in [0.4, 0.5) is 0 Å². The first-order valence-electron chi connectivity index (χ1n) is 6.06. The molecule has 0 bridgehead atoms. The van der Waals surface area contributed by atoms with Gasteiger partial charge >= 0.3 is 0 Å². The lowest BCUT2D eigenvalue weighted by Crippen LogP contribution is -2.43. The topological polar surface area (TPSA) is 32.3 Å². The largest absolute Gasteiger partial charge is 0.392 e. The van der Waals surface area contributed by atoms with Crippen LogP contribution >= 0.6 is 11.8 Å². The van der Waals surface area contributed by atoms with Crippen molar-refractivity contribution in [1.82, 2.24) is 5.32 Å². The molecule has 2 fully saturated rings. The predicted molar refractivity (Wildman–Crippen MR) is 66.2 cm³/mol. The fourth-order valence-electron chi connectivity index (χ4n) is 2.33. The van der Waals surface area contributed by atoms with Crippen molar-refractivity contribution in [1.29, 1.82) is 0 Å². The van der Waals surface area contributed by atoms with Crippen LogP contribution in [0, 0.1) is 11.3 Å². The van der Waals surface area contributed by atoms with Crippen LogP contribution in [0.3, 0.4) is 0 Å². The zero-order valence-electron chi connectivity index (χ0n) is 9.83. The maximum Gasteiger partial charge on any atom is 0.0692 e. The highest BCUT2D eigenvalue weighted by Crippen LogP contribution is 2.34. The van der Waals surface area contributed by atoms with Crippen molar-refractivity contribution in [3.63, 3.8) is 0 Å². The second kappa shape index (κ2) is 4.64. The minimum Gasteiger partial charge on any atom is -0.392 e. The summed E-state index contributed by atoms with van der Waals surface area (Å²) in [5, 5.41) is 13.3.